The Morgan fingerprint density at radius 2 is 1.93 bits per heavy atom. The minimum atomic E-state index is -0.694. The highest BCUT2D eigenvalue weighted by atomic mass is 16.6. The van der Waals surface area contributed by atoms with Crippen LogP contribution in [-0.4, -0.2) is 42.0 Å². The smallest absolute Gasteiger partial charge is 0.293 e. The van der Waals surface area contributed by atoms with Gasteiger partial charge in [0.15, 0.2) is 0 Å². The van der Waals surface area contributed by atoms with Gasteiger partial charge >= 0.3 is 0 Å². The number of nitrogens with zero attached hydrogens (tertiary/aromatic N) is 2. The summed E-state index contributed by atoms with van der Waals surface area (Å²) >= 11 is 0. The van der Waals surface area contributed by atoms with E-state index in [1.165, 1.54) is 23.8 Å². The van der Waals surface area contributed by atoms with E-state index in [0.29, 0.717) is 12.2 Å². The van der Waals surface area contributed by atoms with Crippen LogP contribution in [0.25, 0.3) is 0 Å². The molecule has 2 aromatic carbocycles. The lowest BCUT2D eigenvalue weighted by atomic mass is 10.1. The second kappa shape index (κ2) is 8.61. The Morgan fingerprint density at radius 3 is 2.63 bits per heavy atom. The summed E-state index contributed by atoms with van der Waals surface area (Å²) in [6, 6.07) is 12.3. The summed E-state index contributed by atoms with van der Waals surface area (Å²) < 4.78 is 5.37. The molecule has 3 N–H and O–H groups in total. The van der Waals surface area contributed by atoms with Gasteiger partial charge in [0.25, 0.3) is 5.69 Å². The summed E-state index contributed by atoms with van der Waals surface area (Å²) in [6.45, 7) is 4.64. The number of carbonyl (C=O) groups excluding carboxylic acids is 1. The van der Waals surface area contributed by atoms with Gasteiger partial charge in [0.2, 0.25) is 5.91 Å². The number of nitro benzene ring substituents is 1. The number of hydrogen-bond donors (Lipinski definition) is 2. The fourth-order valence-corrected chi connectivity index (χ4v) is 3.04. The number of benzene rings is 2. The lowest BCUT2D eigenvalue weighted by molar-refractivity contribution is -0.384. The molecule has 0 spiro atoms. The lowest BCUT2D eigenvalue weighted by Crippen LogP contribution is -2.35. The second-order valence-corrected chi connectivity index (χ2v) is 6.42. The van der Waals surface area contributed by atoms with Crippen molar-refractivity contribution < 1.29 is 14.5 Å². The molecule has 1 fully saturated rings. The Labute approximate surface area is 157 Å². The molecule has 0 aliphatic carbocycles. The molecule has 1 aliphatic rings. The number of amides is 1. The lowest BCUT2D eigenvalue weighted by Gasteiger charge is -2.26. The number of morpholine rings is 1. The number of nitro groups is 1. The third-order valence-corrected chi connectivity index (χ3v) is 4.46. The first kappa shape index (κ1) is 18.8. The van der Waals surface area contributed by atoms with E-state index in [1.807, 2.05) is 12.1 Å². The zero-order valence-corrected chi connectivity index (χ0v) is 14.9. The molecule has 3 rings (SSSR count). The third kappa shape index (κ3) is 5.02. The van der Waals surface area contributed by atoms with Gasteiger partial charge in [0, 0.05) is 37.8 Å². The van der Waals surface area contributed by atoms with Crippen molar-refractivity contribution in [2.24, 2.45) is 5.73 Å². The van der Waals surface area contributed by atoms with Crippen molar-refractivity contribution in [3.8, 4) is 0 Å². The number of anilines is 1. The van der Waals surface area contributed by atoms with Crippen molar-refractivity contribution in [2.75, 3.05) is 31.6 Å². The summed E-state index contributed by atoms with van der Waals surface area (Å²) in [4.78, 5) is 24.3. The van der Waals surface area contributed by atoms with Crippen LogP contribution in [0.1, 0.15) is 21.5 Å². The molecular weight excluding hydrogens is 348 g/mol. The number of rotatable bonds is 7. The number of ether oxygens (including phenoxy) is 1. The van der Waals surface area contributed by atoms with Gasteiger partial charge in [0.05, 0.1) is 18.1 Å². The third-order valence-electron chi connectivity index (χ3n) is 4.46. The maximum Gasteiger partial charge on any atom is 0.293 e. The number of primary amides is 1. The number of nitrogens with one attached hydrogen (secondary N) is 1. The fourth-order valence-electron chi connectivity index (χ4n) is 3.04. The minimum Gasteiger partial charge on any atom is -0.379 e. The van der Waals surface area contributed by atoms with Crippen LogP contribution in [0.2, 0.25) is 0 Å². The Balaban J connectivity index is 1.68. The molecule has 1 aliphatic heterocycles. The van der Waals surface area contributed by atoms with Gasteiger partial charge in [-0.05, 0) is 23.3 Å². The second-order valence-electron chi connectivity index (χ2n) is 6.42. The van der Waals surface area contributed by atoms with E-state index in [-0.39, 0.29) is 11.3 Å². The largest absolute Gasteiger partial charge is 0.379 e. The summed E-state index contributed by atoms with van der Waals surface area (Å²) in [5.41, 5.74) is 7.70. The van der Waals surface area contributed by atoms with E-state index in [4.69, 9.17) is 10.5 Å². The van der Waals surface area contributed by atoms with Crippen LogP contribution < -0.4 is 11.1 Å². The predicted octanol–water partition coefficient (Wildman–Crippen LogP) is 2.14. The molecule has 0 radical (unpaired) electrons. The number of carbonyl (C=O) groups is 1. The molecule has 1 saturated heterocycles. The Kier molecular flexibility index (Phi) is 6.00. The topological polar surface area (TPSA) is 111 Å². The molecule has 1 heterocycles. The van der Waals surface area contributed by atoms with Crippen LogP contribution in [0.15, 0.2) is 42.5 Å². The van der Waals surface area contributed by atoms with Crippen LogP contribution in [0.3, 0.4) is 0 Å². The molecular formula is C19H22N4O4. The zero-order chi connectivity index (χ0) is 19.2. The summed E-state index contributed by atoms with van der Waals surface area (Å²) in [5.74, 6) is -0.694. The maximum atomic E-state index is 11.3. The molecule has 0 saturated carbocycles. The Morgan fingerprint density at radius 1 is 1.19 bits per heavy atom. The number of nitrogens with two attached hydrogens (primary N) is 1. The van der Waals surface area contributed by atoms with Crippen LogP contribution in [0.4, 0.5) is 11.4 Å². The molecule has 8 heteroatoms. The molecule has 0 unspecified atom stereocenters. The average Bonchev–Trinajstić information content (AvgIpc) is 2.67. The average molecular weight is 370 g/mol. The highest BCUT2D eigenvalue weighted by Gasteiger charge is 2.16. The summed E-state index contributed by atoms with van der Waals surface area (Å²) in [5, 5.41) is 14.4. The normalized spacial score (nSPS) is 14.7. The van der Waals surface area contributed by atoms with Crippen molar-refractivity contribution in [1.82, 2.24) is 4.90 Å². The summed E-state index contributed by atoms with van der Waals surface area (Å²) in [7, 11) is 0. The monoisotopic (exact) mass is 370 g/mol. The Hall–Kier alpha value is -2.97. The van der Waals surface area contributed by atoms with E-state index in [2.05, 4.69) is 22.3 Å². The van der Waals surface area contributed by atoms with E-state index in [0.717, 1.165) is 38.4 Å². The van der Waals surface area contributed by atoms with E-state index in [1.54, 1.807) is 0 Å². The Bertz CT molecular complexity index is 834. The van der Waals surface area contributed by atoms with Crippen LogP contribution in [-0.2, 0) is 17.8 Å². The molecule has 27 heavy (non-hydrogen) atoms. The molecule has 142 valence electrons. The SMILES string of the molecule is NC(=O)c1ccc(NCc2cccc(CN3CCOCC3)c2)c([N+](=O)[O-])c1. The molecule has 1 amide bonds. The fraction of sp³-hybridized carbons (Fsp3) is 0.316. The maximum absolute atomic E-state index is 11.3. The standard InChI is InChI=1S/C19H22N4O4/c20-19(24)16-4-5-17(18(11-16)23(25)26)21-12-14-2-1-3-15(10-14)13-22-6-8-27-9-7-22/h1-5,10-11,21H,6-9,12-13H2,(H2,20,24). The molecule has 0 atom stereocenters. The highest BCUT2D eigenvalue weighted by molar-refractivity contribution is 5.94. The van der Waals surface area contributed by atoms with Gasteiger partial charge in [-0.25, -0.2) is 0 Å². The van der Waals surface area contributed by atoms with Crippen molar-refractivity contribution in [3.05, 3.63) is 69.3 Å². The van der Waals surface area contributed by atoms with Crippen molar-refractivity contribution in [2.45, 2.75) is 13.1 Å². The molecule has 0 aromatic heterocycles. The number of hydrogen-bond acceptors (Lipinski definition) is 6. The predicted molar refractivity (Wildman–Crippen MR) is 101 cm³/mol. The van der Waals surface area contributed by atoms with Gasteiger partial charge in [-0.2, -0.15) is 0 Å². The first-order chi connectivity index (χ1) is 13.0. The van der Waals surface area contributed by atoms with E-state index < -0.39 is 10.8 Å². The van der Waals surface area contributed by atoms with Crippen LogP contribution in [0.5, 0.6) is 0 Å². The van der Waals surface area contributed by atoms with E-state index >= 15 is 0 Å². The van der Waals surface area contributed by atoms with Crippen LogP contribution >= 0.6 is 0 Å². The minimum absolute atomic E-state index is 0.111. The molecule has 8 nitrogen and oxygen atoms in total. The van der Waals surface area contributed by atoms with Crippen LogP contribution in [0, 0.1) is 10.1 Å². The first-order valence-corrected chi connectivity index (χ1v) is 8.73. The quantitative estimate of drug-likeness (QED) is 0.571. The van der Waals surface area contributed by atoms with Gasteiger partial charge in [-0.1, -0.05) is 24.3 Å². The van der Waals surface area contributed by atoms with E-state index in [9.17, 15) is 14.9 Å². The van der Waals surface area contributed by atoms with Crippen molar-refractivity contribution in [1.29, 1.82) is 0 Å². The summed E-state index contributed by atoms with van der Waals surface area (Å²) in [6.07, 6.45) is 0. The van der Waals surface area contributed by atoms with Gasteiger partial charge in [0.1, 0.15) is 5.69 Å². The first-order valence-electron chi connectivity index (χ1n) is 8.73. The molecule has 0 bridgehead atoms. The van der Waals surface area contributed by atoms with Gasteiger partial charge in [-0.3, -0.25) is 19.8 Å². The molecule has 2 aromatic rings. The zero-order valence-electron chi connectivity index (χ0n) is 14.9. The van der Waals surface area contributed by atoms with Crippen molar-refractivity contribution in [3.63, 3.8) is 0 Å². The van der Waals surface area contributed by atoms with Gasteiger partial charge < -0.3 is 15.8 Å². The highest BCUT2D eigenvalue weighted by Crippen LogP contribution is 2.26. The van der Waals surface area contributed by atoms with Crippen molar-refractivity contribution >= 4 is 17.3 Å². The van der Waals surface area contributed by atoms with Gasteiger partial charge in [-0.15, -0.1) is 0 Å².